The molecule has 0 saturated carbocycles. The van der Waals surface area contributed by atoms with E-state index in [0.717, 1.165) is 94.8 Å². The second kappa shape index (κ2) is 17.1. The van der Waals surface area contributed by atoms with E-state index in [9.17, 15) is 0 Å². The second-order valence-electron chi connectivity index (χ2n) is 18.1. The van der Waals surface area contributed by atoms with Crippen LogP contribution in [0.1, 0.15) is 91.6 Å². The van der Waals surface area contributed by atoms with Crippen LogP contribution in [0.4, 0.5) is 0 Å². The molecule has 0 N–H and O–H groups in total. The van der Waals surface area contributed by atoms with Gasteiger partial charge in [0.15, 0.2) is 0 Å². The van der Waals surface area contributed by atoms with Gasteiger partial charge < -0.3 is 14.5 Å². The summed E-state index contributed by atoms with van der Waals surface area (Å²) in [6.07, 6.45) is 8.44. The van der Waals surface area contributed by atoms with Gasteiger partial charge in [0, 0.05) is 11.4 Å². The smallest absolute Gasteiger partial charge is 0.657 e. The molecular weight excluding hydrogens is 865 g/mol. The zero-order chi connectivity index (χ0) is 43.3. The summed E-state index contributed by atoms with van der Waals surface area (Å²) >= 11 is 0. The third-order valence-electron chi connectivity index (χ3n) is 12.0. The van der Waals surface area contributed by atoms with Crippen LogP contribution < -0.4 is 25.2 Å². The van der Waals surface area contributed by atoms with Gasteiger partial charge in [-0.25, -0.2) is 0 Å². The van der Waals surface area contributed by atoms with Crippen molar-refractivity contribution in [1.82, 2.24) is 4.98 Å². The van der Waals surface area contributed by atoms with Crippen molar-refractivity contribution in [3.8, 4) is 11.5 Å². The minimum Gasteiger partial charge on any atom is -0.657 e. The maximum atomic E-state index is 6.31. The van der Waals surface area contributed by atoms with Crippen molar-refractivity contribution >= 4 is 33.7 Å². The summed E-state index contributed by atoms with van der Waals surface area (Å²) in [4.78, 5) is 16.5. The van der Waals surface area contributed by atoms with Gasteiger partial charge in [-0.05, 0) is 103 Å². The van der Waals surface area contributed by atoms with E-state index in [4.69, 9.17) is 24.4 Å². The molecule has 0 radical (unpaired) electrons. The largest absolute Gasteiger partial charge is 2.00 e. The third kappa shape index (κ3) is 8.11. The molecule has 0 fully saturated rings. The molecule has 0 unspecified atom stereocenters. The molecule has 6 heteroatoms. The van der Waals surface area contributed by atoms with Gasteiger partial charge >= 0.3 is 20.4 Å². The topological polar surface area (TPSA) is 57.3 Å². The molecule has 3 aliphatic heterocycles. The molecule has 5 aromatic carbocycles. The van der Waals surface area contributed by atoms with Crippen molar-refractivity contribution in [3.63, 3.8) is 0 Å². The van der Waals surface area contributed by atoms with Crippen LogP contribution in [0, 0.1) is 13.0 Å². The summed E-state index contributed by atoms with van der Waals surface area (Å²) in [5.74, 6) is 1.33. The average molecular weight is 916 g/mol. The summed E-state index contributed by atoms with van der Waals surface area (Å²) in [5.41, 5.74) is 15.9. The van der Waals surface area contributed by atoms with Crippen LogP contribution in [0.3, 0.4) is 0 Å². The number of aromatic nitrogens is 1. The predicted octanol–water partition coefficient (Wildman–Crippen LogP) is 11.0. The monoisotopic (exact) mass is 915 g/mol. The number of rotatable bonds is 6. The van der Waals surface area contributed by atoms with Gasteiger partial charge in [0.05, 0.1) is 37.1 Å². The molecule has 8 bridgehead atoms. The standard InChI is InChI=1S/C57H51N3O2.Pd/c1-35-54(61-8)42-34-43(55(35)62-9)51(37-18-14-11-15-19-37)45-29-31-47(59-45)53(39-22-26-41(27-23-39)57(5,6)7)49-33-32-48(60-49)52(38-20-24-40(25-21-38)56(2,3)4)46-30-28-44(58-46)50(42)36-16-12-10-13-17-36;/h10-33H,1-9H3;/q-2;+2. The molecule has 0 amide bonds. The Bertz CT molecular complexity index is 2850. The number of hydrogen-bond donors (Lipinski definition) is 0. The summed E-state index contributed by atoms with van der Waals surface area (Å²) in [7, 11) is 3.42. The van der Waals surface area contributed by atoms with Crippen molar-refractivity contribution in [1.29, 1.82) is 0 Å². The first kappa shape index (κ1) is 43.3. The van der Waals surface area contributed by atoms with Crippen LogP contribution in [0.15, 0.2) is 167 Å². The zero-order valence-electron chi connectivity index (χ0n) is 37.3. The van der Waals surface area contributed by atoms with E-state index in [2.05, 4.69) is 181 Å². The Morgan fingerprint density at radius 2 is 0.825 bits per heavy atom. The molecule has 316 valence electrons. The number of allylic oxidation sites excluding steroid dienone is 4. The summed E-state index contributed by atoms with van der Waals surface area (Å²) in [6.45, 7) is 15.5. The molecule has 63 heavy (non-hydrogen) atoms. The van der Waals surface area contributed by atoms with Gasteiger partial charge in [-0.2, -0.15) is 0 Å². The molecule has 0 spiro atoms. The number of methoxy groups -OCH3 is 2. The molecule has 1 aromatic heterocycles. The average Bonchev–Trinajstić information content (AvgIpc) is 4.05. The maximum absolute atomic E-state index is 6.31. The first-order chi connectivity index (χ1) is 29.8. The van der Waals surface area contributed by atoms with Crippen LogP contribution >= 0.6 is 0 Å². The Morgan fingerprint density at radius 3 is 1.17 bits per heavy atom. The van der Waals surface area contributed by atoms with E-state index in [-0.39, 0.29) is 31.3 Å². The molecule has 6 aromatic rings. The van der Waals surface area contributed by atoms with E-state index >= 15 is 0 Å². The third-order valence-corrected chi connectivity index (χ3v) is 12.0. The number of nitrogens with zero attached hydrogens (tertiary/aromatic N) is 3. The summed E-state index contributed by atoms with van der Waals surface area (Å²) in [6, 6.07) is 46.6. The fraction of sp³-hybridized carbons (Fsp3) is 0.193. The molecule has 9 rings (SSSR count). The van der Waals surface area contributed by atoms with E-state index in [1.165, 1.54) is 11.1 Å². The summed E-state index contributed by atoms with van der Waals surface area (Å²) < 4.78 is 12.6. The van der Waals surface area contributed by atoms with Crippen molar-refractivity contribution in [2.45, 2.75) is 59.3 Å². The summed E-state index contributed by atoms with van der Waals surface area (Å²) in [5, 5.41) is 1.67. The quantitative estimate of drug-likeness (QED) is 0.124. The fourth-order valence-electron chi connectivity index (χ4n) is 8.68. The molecule has 0 atom stereocenters. The Kier molecular flexibility index (Phi) is 11.8. The van der Waals surface area contributed by atoms with Crippen molar-refractivity contribution in [3.05, 3.63) is 224 Å². The van der Waals surface area contributed by atoms with E-state index in [1.54, 1.807) is 14.2 Å². The minimum atomic E-state index is 0. The van der Waals surface area contributed by atoms with Crippen molar-refractivity contribution in [2.75, 3.05) is 14.2 Å². The first-order valence-corrected chi connectivity index (χ1v) is 21.3. The maximum Gasteiger partial charge on any atom is 2.00 e. The van der Waals surface area contributed by atoms with Crippen molar-refractivity contribution in [2.24, 2.45) is 9.98 Å². The van der Waals surface area contributed by atoms with Gasteiger partial charge in [0.25, 0.3) is 0 Å². The van der Waals surface area contributed by atoms with E-state index in [0.29, 0.717) is 11.5 Å². The van der Waals surface area contributed by atoms with Crippen LogP contribution in [-0.4, -0.2) is 25.6 Å². The first-order valence-electron chi connectivity index (χ1n) is 21.3. The van der Waals surface area contributed by atoms with Crippen LogP contribution in [-0.2, 0) is 31.3 Å². The normalized spacial score (nSPS) is 14.8. The number of benzene rings is 5. The Labute approximate surface area is 385 Å². The van der Waals surface area contributed by atoms with Gasteiger partial charge in [0.2, 0.25) is 0 Å². The van der Waals surface area contributed by atoms with Gasteiger partial charge in [-0.1, -0.05) is 174 Å². The van der Waals surface area contributed by atoms with Crippen LogP contribution in [0.25, 0.3) is 22.3 Å². The van der Waals surface area contributed by atoms with Crippen LogP contribution in [0.5, 0.6) is 11.5 Å². The molecular formula is C57H51N3O2Pd. The van der Waals surface area contributed by atoms with Gasteiger partial charge in [0.1, 0.15) is 0 Å². The van der Waals surface area contributed by atoms with E-state index < -0.39 is 0 Å². The van der Waals surface area contributed by atoms with Crippen LogP contribution in [0.2, 0.25) is 0 Å². The number of fused-ring (bicyclic) bond motifs is 6. The number of ether oxygens (including phenoxy) is 2. The van der Waals surface area contributed by atoms with Gasteiger partial charge in [-0.15, -0.1) is 16.8 Å². The Morgan fingerprint density at radius 1 is 0.460 bits per heavy atom. The number of aliphatic imine (C=N–C) groups is 2. The van der Waals surface area contributed by atoms with Crippen molar-refractivity contribution < 1.29 is 29.9 Å². The predicted molar refractivity (Wildman–Crippen MR) is 256 cm³/mol. The molecule has 3 aliphatic rings. The fourth-order valence-corrected chi connectivity index (χ4v) is 8.68. The second-order valence-corrected chi connectivity index (χ2v) is 18.1. The molecule has 0 saturated heterocycles. The Hall–Kier alpha value is -6.32. The molecule has 5 nitrogen and oxygen atoms in total. The minimum absolute atomic E-state index is 0. The number of hydrogen-bond acceptors (Lipinski definition) is 4. The molecule has 4 heterocycles. The van der Waals surface area contributed by atoms with E-state index in [1.807, 2.05) is 19.1 Å². The Balaban J connectivity index is 0.00000544. The zero-order valence-corrected chi connectivity index (χ0v) is 38.9. The SMILES string of the molecule is COc1c2[c-]c(c(OC)c1C)C(c1ccccc1)=C1C=CC(=N1)C(c1ccc(C(C)(C)C)cc1)=c1ccc([n-]1)=C(c1ccc(C(C)(C)C)cc1)C1=NC(=C2c2ccccc2)C=C1.[Pd+2]. The molecule has 0 aliphatic carbocycles. The van der Waals surface area contributed by atoms with Gasteiger partial charge in [-0.3, -0.25) is 9.98 Å².